The van der Waals surface area contributed by atoms with Crippen molar-refractivity contribution in [1.82, 2.24) is 13.3 Å². The molecule has 2 atom stereocenters. The van der Waals surface area contributed by atoms with E-state index in [1.807, 2.05) is 0 Å². The average Bonchev–Trinajstić information content (AvgIpc) is 2.82. The first-order valence-corrected chi connectivity index (χ1v) is 12.0. The van der Waals surface area contributed by atoms with E-state index < -0.39 is 50.1 Å². The second kappa shape index (κ2) is 9.20. The summed E-state index contributed by atoms with van der Waals surface area (Å²) in [6.07, 6.45) is 0.833. The van der Waals surface area contributed by atoms with Crippen molar-refractivity contribution in [3.05, 3.63) is 35.9 Å². The molecule has 1 aliphatic rings. The topological polar surface area (TPSA) is 130 Å². The third-order valence-corrected chi connectivity index (χ3v) is 7.81. The third-order valence-electron chi connectivity index (χ3n) is 4.55. The van der Waals surface area contributed by atoms with E-state index in [0.717, 1.165) is 11.4 Å². The van der Waals surface area contributed by atoms with E-state index in [4.69, 9.17) is 0 Å². The number of carbonyl (C=O) groups excluding carboxylic acids is 2. The van der Waals surface area contributed by atoms with E-state index in [1.54, 1.807) is 37.3 Å². The highest BCUT2D eigenvalue weighted by atomic mass is 32.2. The van der Waals surface area contributed by atoms with Gasteiger partial charge in [0.15, 0.2) is 5.88 Å². The van der Waals surface area contributed by atoms with Gasteiger partial charge in [-0.25, -0.2) is 12.7 Å². The van der Waals surface area contributed by atoms with Crippen molar-refractivity contribution in [2.45, 2.75) is 38.3 Å². The zero-order valence-electron chi connectivity index (χ0n) is 16.4. The second-order valence-corrected chi connectivity index (χ2v) is 10.3. The lowest BCUT2D eigenvalue weighted by molar-refractivity contribution is -0.142. The molecule has 29 heavy (non-hydrogen) atoms. The van der Waals surface area contributed by atoms with E-state index in [1.165, 1.54) is 7.05 Å². The normalized spacial score (nSPS) is 20.6. The first-order chi connectivity index (χ1) is 13.5. The zero-order chi connectivity index (χ0) is 21.8. The predicted molar refractivity (Wildman–Crippen MR) is 105 cm³/mol. The van der Waals surface area contributed by atoms with Crippen LogP contribution in [-0.4, -0.2) is 69.4 Å². The Labute approximate surface area is 171 Å². The molecule has 2 rings (SSSR count). The first kappa shape index (κ1) is 23.3. The van der Waals surface area contributed by atoms with Gasteiger partial charge in [-0.15, -0.1) is 0 Å². The lowest BCUT2D eigenvalue weighted by atomic mass is 10.1. The molecular weight excluding hydrogens is 422 g/mol. The highest BCUT2D eigenvalue weighted by molar-refractivity contribution is 7.92. The van der Waals surface area contributed by atoms with Crippen molar-refractivity contribution in [2.24, 2.45) is 0 Å². The fraction of sp³-hybridized carbons (Fsp3) is 0.529. The molecule has 10 nitrogen and oxygen atoms in total. The predicted octanol–water partition coefficient (Wildman–Crippen LogP) is -0.165. The van der Waals surface area contributed by atoms with Gasteiger partial charge in [-0.3, -0.25) is 9.59 Å². The Hall–Kier alpha value is -2.02. The smallest absolute Gasteiger partial charge is 0.324 e. The van der Waals surface area contributed by atoms with Crippen LogP contribution in [0.1, 0.15) is 25.3 Å². The molecule has 162 valence electrons. The molecule has 1 unspecified atom stereocenters. The number of hydrogen-bond donors (Lipinski definition) is 1. The van der Waals surface area contributed by atoms with Gasteiger partial charge in [0.2, 0.25) is 10.0 Å². The van der Waals surface area contributed by atoms with Crippen LogP contribution in [0.15, 0.2) is 30.3 Å². The fourth-order valence-corrected chi connectivity index (χ4v) is 6.28. The monoisotopic (exact) mass is 447 g/mol. The first-order valence-electron chi connectivity index (χ1n) is 8.94. The van der Waals surface area contributed by atoms with Gasteiger partial charge in [0, 0.05) is 7.05 Å². The number of esters is 1. The number of likely N-dealkylation sites (N-methyl/N-ethyl adjacent to an activating group) is 1. The molecule has 0 bridgehead atoms. The largest absolute Gasteiger partial charge is 0.468 e. The number of nitrogens with zero attached hydrogens (tertiary/aromatic N) is 2. The summed E-state index contributed by atoms with van der Waals surface area (Å²) in [7, 11) is -6.26. The highest BCUT2D eigenvalue weighted by Gasteiger charge is 2.49. The molecule has 0 radical (unpaired) electrons. The summed E-state index contributed by atoms with van der Waals surface area (Å²) in [5.41, 5.74) is 0.679. The van der Waals surface area contributed by atoms with Gasteiger partial charge in [0.05, 0.1) is 7.11 Å². The van der Waals surface area contributed by atoms with Gasteiger partial charge < -0.3 is 4.74 Å². The summed E-state index contributed by atoms with van der Waals surface area (Å²) < 4.78 is 58.2. The minimum atomic E-state index is -4.36. The molecule has 1 heterocycles. The summed E-state index contributed by atoms with van der Waals surface area (Å²) in [4.78, 5) is 24.5. The van der Waals surface area contributed by atoms with E-state index in [9.17, 15) is 26.4 Å². The summed E-state index contributed by atoms with van der Waals surface area (Å²) in [5, 5.41) is 0. The SMILES string of the molecule is CCCC1C(=O)N(CS(=O)(=O)N[C@@H](Cc2ccccc2)C(=O)OC)S(=O)(=O)N1C. The van der Waals surface area contributed by atoms with E-state index in [2.05, 4.69) is 9.46 Å². The number of rotatable bonds is 9. The Balaban J connectivity index is 2.22. The Morgan fingerprint density at radius 2 is 1.90 bits per heavy atom. The van der Waals surface area contributed by atoms with Gasteiger partial charge in [-0.2, -0.15) is 17.4 Å². The van der Waals surface area contributed by atoms with Crippen LogP contribution in [0.3, 0.4) is 0 Å². The lowest BCUT2D eigenvalue weighted by Crippen LogP contribution is -2.48. The maximum atomic E-state index is 12.6. The number of amides is 1. The Kier molecular flexibility index (Phi) is 7.38. The number of benzene rings is 1. The maximum Gasteiger partial charge on any atom is 0.324 e. The number of sulfonamides is 1. The Bertz CT molecular complexity index is 948. The van der Waals surface area contributed by atoms with Crippen molar-refractivity contribution in [3.8, 4) is 0 Å². The molecule has 1 aromatic carbocycles. The van der Waals surface area contributed by atoms with Gasteiger partial charge in [0.25, 0.3) is 5.91 Å². The van der Waals surface area contributed by atoms with Crippen LogP contribution in [0.5, 0.6) is 0 Å². The minimum Gasteiger partial charge on any atom is -0.468 e. The van der Waals surface area contributed by atoms with Crippen LogP contribution in [0, 0.1) is 0 Å². The van der Waals surface area contributed by atoms with Crippen molar-refractivity contribution >= 4 is 32.1 Å². The molecule has 1 N–H and O–H groups in total. The molecule has 0 saturated carbocycles. The quantitative estimate of drug-likeness (QED) is 0.520. The second-order valence-electron chi connectivity index (χ2n) is 6.64. The van der Waals surface area contributed by atoms with Crippen LogP contribution in [0.4, 0.5) is 0 Å². The van der Waals surface area contributed by atoms with E-state index in [0.29, 0.717) is 16.3 Å². The molecular formula is C17H25N3O7S2. The lowest BCUT2D eigenvalue weighted by Gasteiger charge is -2.20. The summed E-state index contributed by atoms with van der Waals surface area (Å²) in [5.74, 6) is -2.74. The van der Waals surface area contributed by atoms with Crippen LogP contribution in [0.25, 0.3) is 0 Å². The van der Waals surface area contributed by atoms with Gasteiger partial charge >= 0.3 is 16.2 Å². The molecule has 1 aliphatic heterocycles. The minimum absolute atomic E-state index is 0.00576. The molecule has 0 aliphatic carbocycles. The van der Waals surface area contributed by atoms with E-state index in [-0.39, 0.29) is 12.8 Å². The number of ether oxygens (including phenoxy) is 1. The van der Waals surface area contributed by atoms with Crippen molar-refractivity contribution in [2.75, 3.05) is 20.0 Å². The number of carbonyl (C=O) groups is 2. The van der Waals surface area contributed by atoms with Crippen molar-refractivity contribution in [1.29, 1.82) is 0 Å². The van der Waals surface area contributed by atoms with Crippen LogP contribution >= 0.6 is 0 Å². The summed E-state index contributed by atoms with van der Waals surface area (Å²) >= 11 is 0. The standard InChI is InChI=1S/C17H25N3O7S2/c1-4-8-15-16(21)20(29(25,26)19(15)2)12-28(23,24)18-14(17(22)27-3)11-13-9-6-5-7-10-13/h5-7,9-10,14-15,18H,4,8,11-12H2,1-3H3/t14-,15?/m0/s1. The van der Waals surface area contributed by atoms with Crippen LogP contribution in [-0.2, 0) is 41.0 Å². The molecule has 1 aromatic rings. The maximum absolute atomic E-state index is 12.6. The molecule has 1 amide bonds. The molecule has 1 fully saturated rings. The summed E-state index contributed by atoms with van der Waals surface area (Å²) in [6.45, 7) is 1.79. The van der Waals surface area contributed by atoms with Gasteiger partial charge in [-0.1, -0.05) is 43.7 Å². The number of nitrogens with one attached hydrogen (secondary N) is 1. The molecule has 0 spiro atoms. The molecule has 1 saturated heterocycles. The Morgan fingerprint density at radius 3 is 2.45 bits per heavy atom. The van der Waals surface area contributed by atoms with E-state index >= 15 is 0 Å². The fourth-order valence-electron chi connectivity index (χ4n) is 3.03. The molecule has 12 heteroatoms. The number of methoxy groups -OCH3 is 1. The van der Waals surface area contributed by atoms with Gasteiger partial charge in [-0.05, 0) is 18.4 Å². The average molecular weight is 448 g/mol. The number of hydrogen-bond acceptors (Lipinski definition) is 7. The van der Waals surface area contributed by atoms with Crippen molar-refractivity contribution < 1.29 is 31.2 Å². The summed E-state index contributed by atoms with van der Waals surface area (Å²) in [6, 6.07) is 6.45. The molecule has 0 aromatic heterocycles. The highest BCUT2D eigenvalue weighted by Crippen LogP contribution is 2.25. The van der Waals surface area contributed by atoms with Gasteiger partial charge in [0.1, 0.15) is 12.1 Å². The Morgan fingerprint density at radius 1 is 1.28 bits per heavy atom. The van der Waals surface area contributed by atoms with Crippen LogP contribution in [0.2, 0.25) is 0 Å². The van der Waals surface area contributed by atoms with Crippen molar-refractivity contribution in [3.63, 3.8) is 0 Å². The van der Waals surface area contributed by atoms with Crippen LogP contribution < -0.4 is 4.72 Å². The third kappa shape index (κ3) is 5.32. The zero-order valence-corrected chi connectivity index (χ0v) is 18.1.